The number of hydrogen-bond acceptors (Lipinski definition) is 6. The molecule has 1 atom stereocenters. The molecule has 2 N–H and O–H groups in total. The molecule has 1 aliphatic rings. The van der Waals surface area contributed by atoms with Crippen molar-refractivity contribution < 1.29 is 27.5 Å². The van der Waals surface area contributed by atoms with Crippen LogP contribution in [0.1, 0.15) is 36.5 Å². The molecule has 1 aromatic rings. The summed E-state index contributed by atoms with van der Waals surface area (Å²) in [6.07, 6.45) is 1.38. The molecule has 27 heavy (non-hydrogen) atoms. The SMILES string of the molecule is CNC(=O)NC(=O)[C@@H](C)OC(=O)c1cccc(S(=O)(=O)N2CCCCC2)c1. The van der Waals surface area contributed by atoms with Gasteiger partial charge < -0.3 is 10.1 Å². The number of carbonyl (C=O) groups is 3. The van der Waals surface area contributed by atoms with Crippen molar-refractivity contribution >= 4 is 27.9 Å². The normalized spacial score (nSPS) is 16.2. The number of hydrogen-bond donors (Lipinski definition) is 2. The topological polar surface area (TPSA) is 122 Å². The molecule has 0 radical (unpaired) electrons. The second kappa shape index (κ2) is 8.96. The molecule has 1 saturated heterocycles. The lowest BCUT2D eigenvalue weighted by molar-refractivity contribution is -0.127. The van der Waals surface area contributed by atoms with Gasteiger partial charge in [0.2, 0.25) is 10.0 Å². The molecule has 0 saturated carbocycles. The summed E-state index contributed by atoms with van der Waals surface area (Å²) in [5.74, 6) is -1.65. The smallest absolute Gasteiger partial charge is 0.338 e. The number of piperidine rings is 1. The minimum atomic E-state index is -3.69. The van der Waals surface area contributed by atoms with Gasteiger partial charge >= 0.3 is 12.0 Å². The van der Waals surface area contributed by atoms with E-state index in [1.54, 1.807) is 0 Å². The molecular weight excluding hydrogens is 374 g/mol. The highest BCUT2D eigenvalue weighted by Gasteiger charge is 2.27. The standard InChI is InChI=1S/C17H23N3O6S/c1-12(15(21)19-17(23)18-2)26-16(22)13-7-6-8-14(11-13)27(24,25)20-9-4-3-5-10-20/h6-8,11-12H,3-5,9-10H2,1-2H3,(H2,18,19,21,23)/t12-/m1/s1. The van der Waals surface area contributed by atoms with Gasteiger partial charge in [-0.2, -0.15) is 4.31 Å². The van der Waals surface area contributed by atoms with Crippen molar-refractivity contribution in [1.82, 2.24) is 14.9 Å². The lowest BCUT2D eigenvalue weighted by Gasteiger charge is -2.26. The third-order valence-electron chi connectivity index (χ3n) is 4.14. The molecule has 0 spiro atoms. The Morgan fingerprint density at radius 3 is 2.44 bits per heavy atom. The molecule has 1 fully saturated rings. The van der Waals surface area contributed by atoms with E-state index in [2.05, 4.69) is 5.32 Å². The van der Waals surface area contributed by atoms with Gasteiger partial charge in [0, 0.05) is 20.1 Å². The van der Waals surface area contributed by atoms with Crippen LogP contribution in [-0.2, 0) is 19.6 Å². The molecule has 0 bridgehead atoms. The summed E-state index contributed by atoms with van der Waals surface area (Å²) < 4.78 is 31.8. The molecule has 1 aromatic carbocycles. The monoisotopic (exact) mass is 397 g/mol. The predicted molar refractivity (Wildman–Crippen MR) is 96.5 cm³/mol. The van der Waals surface area contributed by atoms with Gasteiger partial charge in [-0.25, -0.2) is 18.0 Å². The molecule has 9 nitrogen and oxygen atoms in total. The Bertz CT molecular complexity index is 818. The number of urea groups is 1. The first-order chi connectivity index (χ1) is 12.8. The van der Waals surface area contributed by atoms with Crippen molar-refractivity contribution in [3.8, 4) is 0 Å². The van der Waals surface area contributed by atoms with Crippen LogP contribution >= 0.6 is 0 Å². The summed E-state index contributed by atoms with van der Waals surface area (Å²) in [4.78, 5) is 35.2. The first-order valence-electron chi connectivity index (χ1n) is 8.59. The molecule has 0 aliphatic carbocycles. The largest absolute Gasteiger partial charge is 0.449 e. The van der Waals surface area contributed by atoms with Gasteiger partial charge in [-0.1, -0.05) is 12.5 Å². The van der Waals surface area contributed by atoms with Crippen LogP contribution in [0.3, 0.4) is 0 Å². The third-order valence-corrected chi connectivity index (χ3v) is 6.03. The number of amides is 3. The Labute approximate surface area is 158 Å². The number of sulfonamides is 1. The van der Waals surface area contributed by atoms with Gasteiger partial charge in [0.1, 0.15) is 0 Å². The summed E-state index contributed by atoms with van der Waals surface area (Å²) in [5, 5.41) is 4.20. The van der Waals surface area contributed by atoms with Gasteiger partial charge in [0.15, 0.2) is 6.10 Å². The molecule has 1 aliphatic heterocycles. The Kier molecular flexibility index (Phi) is 6.92. The molecule has 2 rings (SSSR count). The van der Waals surface area contributed by atoms with Gasteiger partial charge in [-0.05, 0) is 38.0 Å². The van der Waals surface area contributed by atoms with Gasteiger partial charge in [0.05, 0.1) is 10.5 Å². The van der Waals surface area contributed by atoms with Crippen molar-refractivity contribution in [2.24, 2.45) is 0 Å². The van der Waals surface area contributed by atoms with Gasteiger partial charge in [-0.15, -0.1) is 0 Å². The van der Waals surface area contributed by atoms with Crippen LogP contribution in [0.15, 0.2) is 29.2 Å². The highest BCUT2D eigenvalue weighted by atomic mass is 32.2. The Hall–Kier alpha value is -2.46. The quantitative estimate of drug-likeness (QED) is 0.711. The molecule has 148 valence electrons. The maximum Gasteiger partial charge on any atom is 0.338 e. The zero-order chi connectivity index (χ0) is 20.0. The van der Waals surface area contributed by atoms with Crippen molar-refractivity contribution in [3.63, 3.8) is 0 Å². The zero-order valence-corrected chi connectivity index (χ0v) is 16.0. The van der Waals surface area contributed by atoms with Crippen LogP contribution < -0.4 is 10.6 Å². The molecule has 0 unspecified atom stereocenters. The summed E-state index contributed by atoms with van der Waals surface area (Å²) in [7, 11) is -2.35. The molecule has 10 heteroatoms. The van der Waals surface area contributed by atoms with E-state index in [-0.39, 0.29) is 10.5 Å². The minimum Gasteiger partial charge on any atom is -0.449 e. The highest BCUT2D eigenvalue weighted by Crippen LogP contribution is 2.21. The summed E-state index contributed by atoms with van der Waals surface area (Å²) >= 11 is 0. The summed E-state index contributed by atoms with van der Waals surface area (Å²) in [5.41, 5.74) is 0.00711. The number of esters is 1. The number of nitrogens with one attached hydrogen (secondary N) is 2. The van der Waals surface area contributed by atoms with E-state index in [9.17, 15) is 22.8 Å². The fourth-order valence-corrected chi connectivity index (χ4v) is 4.16. The van der Waals surface area contributed by atoms with E-state index in [0.29, 0.717) is 13.1 Å². The van der Waals surface area contributed by atoms with E-state index < -0.39 is 34.0 Å². The van der Waals surface area contributed by atoms with E-state index in [4.69, 9.17) is 4.74 Å². The summed E-state index contributed by atoms with van der Waals surface area (Å²) in [6.45, 7) is 2.21. The maximum absolute atomic E-state index is 12.7. The number of benzene rings is 1. The van der Waals surface area contributed by atoms with Crippen molar-refractivity contribution in [2.45, 2.75) is 37.2 Å². The van der Waals surface area contributed by atoms with Crippen LogP contribution in [0.25, 0.3) is 0 Å². The molecular formula is C17H23N3O6S. The van der Waals surface area contributed by atoms with E-state index in [1.165, 1.54) is 42.5 Å². The van der Waals surface area contributed by atoms with Crippen LogP contribution in [0.5, 0.6) is 0 Å². The van der Waals surface area contributed by atoms with Crippen LogP contribution in [0.4, 0.5) is 4.79 Å². The van der Waals surface area contributed by atoms with E-state index in [0.717, 1.165) is 19.3 Å². The Balaban J connectivity index is 2.11. The number of imide groups is 1. The predicted octanol–water partition coefficient (Wildman–Crippen LogP) is 0.862. The van der Waals surface area contributed by atoms with Gasteiger partial charge in [-0.3, -0.25) is 10.1 Å². The van der Waals surface area contributed by atoms with E-state index in [1.807, 2.05) is 5.32 Å². The zero-order valence-electron chi connectivity index (χ0n) is 15.2. The number of nitrogens with zero attached hydrogens (tertiary/aromatic N) is 1. The van der Waals surface area contributed by atoms with Crippen LogP contribution in [0.2, 0.25) is 0 Å². The first kappa shape index (κ1) is 20.8. The number of rotatable bonds is 5. The molecule has 1 heterocycles. The minimum absolute atomic E-state index is 0.00122. The number of ether oxygens (including phenoxy) is 1. The lowest BCUT2D eigenvalue weighted by atomic mass is 10.2. The first-order valence-corrected chi connectivity index (χ1v) is 10.0. The summed E-state index contributed by atoms with van der Waals surface area (Å²) in [6, 6.07) is 4.78. The average molecular weight is 397 g/mol. The lowest BCUT2D eigenvalue weighted by Crippen LogP contribution is -2.43. The fraction of sp³-hybridized carbons (Fsp3) is 0.471. The Morgan fingerprint density at radius 1 is 1.15 bits per heavy atom. The van der Waals surface area contributed by atoms with Crippen LogP contribution in [0, 0.1) is 0 Å². The molecule has 3 amide bonds. The second-order valence-corrected chi connectivity index (χ2v) is 8.05. The number of carbonyl (C=O) groups excluding carboxylic acids is 3. The Morgan fingerprint density at radius 2 is 1.81 bits per heavy atom. The second-order valence-electron chi connectivity index (χ2n) is 6.11. The van der Waals surface area contributed by atoms with Crippen LogP contribution in [-0.4, -0.2) is 56.9 Å². The van der Waals surface area contributed by atoms with Crippen molar-refractivity contribution in [1.29, 1.82) is 0 Å². The average Bonchev–Trinajstić information content (AvgIpc) is 2.68. The highest BCUT2D eigenvalue weighted by molar-refractivity contribution is 7.89. The van der Waals surface area contributed by atoms with Crippen molar-refractivity contribution in [2.75, 3.05) is 20.1 Å². The van der Waals surface area contributed by atoms with E-state index >= 15 is 0 Å². The van der Waals surface area contributed by atoms with Crippen molar-refractivity contribution in [3.05, 3.63) is 29.8 Å². The molecule has 0 aromatic heterocycles. The fourth-order valence-electron chi connectivity index (χ4n) is 2.60. The third kappa shape index (κ3) is 5.27. The maximum atomic E-state index is 12.7. The van der Waals surface area contributed by atoms with Gasteiger partial charge in [0.25, 0.3) is 5.91 Å².